The molecule has 29 heavy (non-hydrogen) atoms. The van der Waals surface area contributed by atoms with Crippen molar-refractivity contribution in [1.29, 1.82) is 0 Å². The molecule has 2 aromatic carbocycles. The Morgan fingerprint density at radius 2 is 1.66 bits per heavy atom. The molecule has 1 amide bonds. The summed E-state index contributed by atoms with van der Waals surface area (Å²) in [5.41, 5.74) is 4.79. The van der Waals surface area contributed by atoms with Crippen molar-refractivity contribution >= 4 is 12.1 Å². The SMILES string of the molecule is O=C(O)C[C@@H]1C[C@H](NC(=O)OCC2c3ccccc3-c3ccccc32)C12CCC2. The standard InChI is InChI=1S/C24H25NO4/c26-22(27)13-15-12-21(24(15)10-5-11-24)25-23(28)29-14-20-18-8-3-1-6-16(18)17-7-2-4-9-19(17)20/h1-4,6-9,15,20-21H,5,10-14H2,(H,25,28)(H,26,27)/t15-,21-/m0/s1. The summed E-state index contributed by atoms with van der Waals surface area (Å²) >= 11 is 0. The first kappa shape index (κ1) is 18.2. The van der Waals surface area contributed by atoms with Gasteiger partial charge in [0.05, 0.1) is 0 Å². The highest BCUT2D eigenvalue weighted by atomic mass is 16.5. The smallest absolute Gasteiger partial charge is 0.407 e. The molecule has 1 spiro atoms. The van der Waals surface area contributed by atoms with Gasteiger partial charge in [0.15, 0.2) is 0 Å². The molecule has 0 radical (unpaired) electrons. The molecule has 5 heteroatoms. The lowest BCUT2D eigenvalue weighted by Crippen LogP contribution is -2.64. The van der Waals surface area contributed by atoms with E-state index < -0.39 is 12.1 Å². The van der Waals surface area contributed by atoms with Gasteiger partial charge in [-0.25, -0.2) is 4.79 Å². The minimum atomic E-state index is -0.749. The Bertz CT molecular complexity index is 919. The second-order valence-electron chi connectivity index (χ2n) is 8.64. The summed E-state index contributed by atoms with van der Waals surface area (Å²) in [4.78, 5) is 23.6. The van der Waals surface area contributed by atoms with Crippen LogP contribution in [-0.2, 0) is 9.53 Å². The van der Waals surface area contributed by atoms with Gasteiger partial charge in [0.25, 0.3) is 0 Å². The van der Waals surface area contributed by atoms with Crippen molar-refractivity contribution in [3.05, 3.63) is 59.7 Å². The second kappa shape index (κ2) is 6.90. The molecule has 0 saturated heterocycles. The van der Waals surface area contributed by atoms with Crippen LogP contribution in [0.5, 0.6) is 0 Å². The van der Waals surface area contributed by atoms with Crippen LogP contribution in [0.3, 0.4) is 0 Å². The predicted octanol–water partition coefficient (Wildman–Crippen LogP) is 4.56. The van der Waals surface area contributed by atoms with Crippen LogP contribution in [0.2, 0.25) is 0 Å². The molecule has 0 heterocycles. The maximum Gasteiger partial charge on any atom is 0.407 e. The lowest BCUT2D eigenvalue weighted by atomic mass is 9.46. The molecule has 2 N–H and O–H groups in total. The summed E-state index contributed by atoms with van der Waals surface area (Å²) in [6, 6.07) is 16.6. The Labute approximate surface area is 170 Å². The van der Waals surface area contributed by atoms with Crippen LogP contribution < -0.4 is 5.32 Å². The molecule has 3 aliphatic carbocycles. The van der Waals surface area contributed by atoms with E-state index in [0.717, 1.165) is 25.7 Å². The molecule has 3 aliphatic rings. The van der Waals surface area contributed by atoms with E-state index in [9.17, 15) is 9.59 Å². The molecular formula is C24H25NO4. The lowest BCUT2D eigenvalue weighted by Gasteiger charge is -2.61. The van der Waals surface area contributed by atoms with Crippen LogP contribution in [0.15, 0.2) is 48.5 Å². The second-order valence-corrected chi connectivity index (χ2v) is 8.64. The van der Waals surface area contributed by atoms with Gasteiger partial charge in [0, 0.05) is 18.4 Å². The minimum Gasteiger partial charge on any atom is -0.481 e. The summed E-state index contributed by atoms with van der Waals surface area (Å²) < 4.78 is 5.66. The molecule has 2 fully saturated rings. The number of rotatable bonds is 5. The topological polar surface area (TPSA) is 75.6 Å². The number of hydrogen-bond acceptors (Lipinski definition) is 3. The first-order chi connectivity index (χ1) is 14.1. The van der Waals surface area contributed by atoms with Crippen molar-refractivity contribution in [3.8, 4) is 11.1 Å². The Morgan fingerprint density at radius 1 is 1.03 bits per heavy atom. The first-order valence-corrected chi connectivity index (χ1v) is 10.4. The highest BCUT2D eigenvalue weighted by Crippen LogP contribution is 2.61. The van der Waals surface area contributed by atoms with Crippen LogP contribution in [0.4, 0.5) is 4.79 Å². The fourth-order valence-electron chi connectivity index (χ4n) is 5.70. The van der Waals surface area contributed by atoms with Crippen LogP contribution in [0.25, 0.3) is 11.1 Å². The van der Waals surface area contributed by atoms with Crippen molar-refractivity contribution in [2.75, 3.05) is 6.61 Å². The Hall–Kier alpha value is -2.82. The number of carboxylic acids is 1. The fraction of sp³-hybridized carbons (Fsp3) is 0.417. The van der Waals surface area contributed by atoms with E-state index in [1.54, 1.807) is 0 Å². The number of carboxylic acid groups (broad SMARTS) is 1. The molecule has 2 atom stereocenters. The van der Waals surface area contributed by atoms with Crippen molar-refractivity contribution in [3.63, 3.8) is 0 Å². The molecule has 5 rings (SSSR count). The molecular weight excluding hydrogens is 366 g/mol. The van der Waals surface area contributed by atoms with Gasteiger partial charge in [-0.2, -0.15) is 0 Å². The van der Waals surface area contributed by atoms with Crippen molar-refractivity contribution in [2.24, 2.45) is 11.3 Å². The van der Waals surface area contributed by atoms with E-state index in [1.165, 1.54) is 22.3 Å². The minimum absolute atomic E-state index is 0.0238. The normalized spacial score (nSPS) is 23.4. The number of alkyl carbamates (subject to hydrolysis) is 1. The van der Waals surface area contributed by atoms with Gasteiger partial charge in [0.1, 0.15) is 6.61 Å². The number of aliphatic carboxylic acids is 1. The molecule has 0 bridgehead atoms. The molecule has 5 nitrogen and oxygen atoms in total. The van der Waals surface area contributed by atoms with E-state index in [-0.39, 0.29) is 29.7 Å². The number of nitrogens with one attached hydrogen (secondary N) is 1. The summed E-state index contributed by atoms with van der Waals surface area (Å²) in [7, 11) is 0. The highest BCUT2D eigenvalue weighted by molar-refractivity contribution is 5.79. The van der Waals surface area contributed by atoms with E-state index in [4.69, 9.17) is 9.84 Å². The quantitative estimate of drug-likeness (QED) is 0.784. The maximum absolute atomic E-state index is 12.5. The molecule has 0 unspecified atom stereocenters. The highest BCUT2D eigenvalue weighted by Gasteiger charge is 2.58. The van der Waals surface area contributed by atoms with Crippen LogP contribution in [-0.4, -0.2) is 29.8 Å². The van der Waals surface area contributed by atoms with Gasteiger partial charge < -0.3 is 15.2 Å². The van der Waals surface area contributed by atoms with Crippen LogP contribution in [0.1, 0.15) is 49.1 Å². The summed E-state index contributed by atoms with van der Waals surface area (Å²) in [5.74, 6) is -0.527. The van der Waals surface area contributed by atoms with E-state index in [0.29, 0.717) is 6.61 Å². The third kappa shape index (κ3) is 2.91. The number of ether oxygens (including phenoxy) is 1. The molecule has 2 aromatic rings. The molecule has 2 saturated carbocycles. The van der Waals surface area contributed by atoms with E-state index in [1.807, 2.05) is 24.3 Å². The predicted molar refractivity (Wildman–Crippen MR) is 109 cm³/mol. The zero-order chi connectivity index (χ0) is 20.0. The number of amides is 1. The van der Waals surface area contributed by atoms with Gasteiger partial charge in [-0.1, -0.05) is 55.0 Å². The monoisotopic (exact) mass is 391 g/mol. The summed E-state index contributed by atoms with van der Waals surface area (Å²) in [5, 5.41) is 12.2. The number of carbonyl (C=O) groups excluding carboxylic acids is 1. The van der Waals surface area contributed by atoms with Crippen molar-refractivity contribution in [2.45, 2.75) is 44.1 Å². The van der Waals surface area contributed by atoms with E-state index >= 15 is 0 Å². The van der Waals surface area contributed by atoms with Gasteiger partial charge >= 0.3 is 12.1 Å². The fourth-order valence-corrected chi connectivity index (χ4v) is 5.70. The first-order valence-electron chi connectivity index (χ1n) is 10.4. The number of carbonyl (C=O) groups is 2. The number of hydrogen-bond donors (Lipinski definition) is 2. The average molecular weight is 391 g/mol. The third-order valence-corrected chi connectivity index (χ3v) is 7.37. The van der Waals surface area contributed by atoms with Gasteiger partial charge in [0.2, 0.25) is 0 Å². The summed E-state index contributed by atoms with van der Waals surface area (Å²) in [6.07, 6.45) is 3.65. The Kier molecular flexibility index (Phi) is 4.34. The zero-order valence-electron chi connectivity index (χ0n) is 16.3. The Balaban J connectivity index is 1.24. The van der Waals surface area contributed by atoms with Gasteiger partial charge in [-0.3, -0.25) is 4.79 Å². The van der Waals surface area contributed by atoms with Gasteiger partial charge in [-0.05, 0) is 52.8 Å². The number of fused-ring (bicyclic) bond motifs is 3. The van der Waals surface area contributed by atoms with Gasteiger partial charge in [-0.15, -0.1) is 0 Å². The van der Waals surface area contributed by atoms with E-state index in [2.05, 4.69) is 29.6 Å². The molecule has 150 valence electrons. The Morgan fingerprint density at radius 3 is 2.21 bits per heavy atom. The van der Waals surface area contributed by atoms with Crippen LogP contribution in [0, 0.1) is 11.3 Å². The average Bonchev–Trinajstić information content (AvgIpc) is 2.98. The van der Waals surface area contributed by atoms with Crippen molar-refractivity contribution in [1.82, 2.24) is 5.32 Å². The van der Waals surface area contributed by atoms with Crippen LogP contribution >= 0.6 is 0 Å². The zero-order valence-corrected chi connectivity index (χ0v) is 16.3. The maximum atomic E-state index is 12.5. The number of benzene rings is 2. The largest absolute Gasteiger partial charge is 0.481 e. The lowest BCUT2D eigenvalue weighted by molar-refractivity contribution is -0.147. The van der Waals surface area contributed by atoms with Crippen molar-refractivity contribution < 1.29 is 19.4 Å². The molecule has 0 aromatic heterocycles. The summed E-state index contributed by atoms with van der Waals surface area (Å²) in [6.45, 7) is 0.304. The third-order valence-electron chi connectivity index (χ3n) is 7.37. The molecule has 0 aliphatic heterocycles.